The summed E-state index contributed by atoms with van der Waals surface area (Å²) in [5.74, 6) is -0.829. The maximum Gasteiger partial charge on any atom is 0.328 e. The number of hydrogen-bond donors (Lipinski definition) is 1. The fourth-order valence-corrected chi connectivity index (χ4v) is 3.50. The maximum atomic E-state index is 12.6. The highest BCUT2D eigenvalue weighted by atomic mass is 35.5. The average molecular weight is 370 g/mol. The largest absolute Gasteiger partial charge is 0.478 e. The van der Waals surface area contributed by atoms with Gasteiger partial charge < -0.3 is 10.0 Å². The van der Waals surface area contributed by atoms with Crippen molar-refractivity contribution in [1.29, 1.82) is 0 Å². The van der Waals surface area contributed by atoms with E-state index < -0.39 is 5.97 Å². The summed E-state index contributed by atoms with van der Waals surface area (Å²) in [5.41, 5.74) is 2.34. The number of allylic oxidation sites excluding steroid dienone is 1. The minimum Gasteiger partial charge on any atom is -0.478 e. The van der Waals surface area contributed by atoms with Crippen LogP contribution in [-0.4, -0.2) is 35.0 Å². The van der Waals surface area contributed by atoms with Gasteiger partial charge in [0, 0.05) is 29.8 Å². The van der Waals surface area contributed by atoms with Crippen LogP contribution in [0.4, 0.5) is 0 Å². The molecule has 26 heavy (non-hydrogen) atoms. The van der Waals surface area contributed by atoms with E-state index in [1.165, 1.54) is 6.08 Å². The number of amides is 1. The lowest BCUT2D eigenvalue weighted by Crippen LogP contribution is -2.38. The first-order valence-electron chi connectivity index (χ1n) is 8.59. The maximum absolute atomic E-state index is 12.6. The SMILES string of the molecule is O=C(O)C=C(c1ccc(Cl)cc1)C1CCN(C(=O)c2ccccc2)CC1. The summed E-state index contributed by atoms with van der Waals surface area (Å²) in [5, 5.41) is 9.87. The number of piperidine rings is 1. The van der Waals surface area contributed by atoms with Gasteiger partial charge >= 0.3 is 5.97 Å². The van der Waals surface area contributed by atoms with E-state index >= 15 is 0 Å². The molecule has 0 aliphatic carbocycles. The van der Waals surface area contributed by atoms with Crippen molar-refractivity contribution >= 4 is 29.1 Å². The Kier molecular flexibility index (Phi) is 5.74. The number of nitrogens with zero attached hydrogens (tertiary/aromatic N) is 1. The molecule has 1 saturated heterocycles. The molecule has 0 unspecified atom stereocenters. The molecule has 1 amide bonds. The number of carbonyl (C=O) groups is 2. The molecule has 0 aromatic heterocycles. The molecule has 134 valence electrons. The van der Waals surface area contributed by atoms with Gasteiger partial charge in [0.1, 0.15) is 0 Å². The quantitative estimate of drug-likeness (QED) is 0.814. The first-order chi connectivity index (χ1) is 12.5. The fourth-order valence-electron chi connectivity index (χ4n) is 3.37. The molecule has 0 bridgehead atoms. The van der Waals surface area contributed by atoms with Crippen LogP contribution in [0.5, 0.6) is 0 Å². The Hall–Kier alpha value is -2.59. The van der Waals surface area contributed by atoms with Crippen molar-refractivity contribution in [3.63, 3.8) is 0 Å². The second-order valence-electron chi connectivity index (χ2n) is 6.38. The Bertz CT molecular complexity index is 807. The minimum absolute atomic E-state index is 0.0271. The molecule has 1 aliphatic heterocycles. The number of rotatable bonds is 4. The summed E-state index contributed by atoms with van der Waals surface area (Å²) in [6, 6.07) is 16.5. The van der Waals surface area contributed by atoms with Crippen LogP contribution in [0.2, 0.25) is 5.02 Å². The Labute approximate surface area is 157 Å². The molecule has 5 heteroatoms. The molecule has 0 atom stereocenters. The van der Waals surface area contributed by atoms with Crippen molar-refractivity contribution < 1.29 is 14.7 Å². The molecule has 0 radical (unpaired) electrons. The third kappa shape index (κ3) is 4.33. The second kappa shape index (κ2) is 8.19. The van der Waals surface area contributed by atoms with Crippen LogP contribution in [-0.2, 0) is 4.79 Å². The van der Waals surface area contributed by atoms with Crippen molar-refractivity contribution in [1.82, 2.24) is 4.90 Å². The smallest absolute Gasteiger partial charge is 0.328 e. The number of benzene rings is 2. The Morgan fingerprint density at radius 2 is 1.58 bits per heavy atom. The van der Waals surface area contributed by atoms with E-state index in [0.29, 0.717) is 23.7 Å². The van der Waals surface area contributed by atoms with Crippen LogP contribution >= 0.6 is 11.6 Å². The molecule has 1 heterocycles. The van der Waals surface area contributed by atoms with E-state index in [0.717, 1.165) is 24.0 Å². The van der Waals surface area contributed by atoms with E-state index in [-0.39, 0.29) is 11.8 Å². The molecular weight excluding hydrogens is 350 g/mol. The molecule has 4 nitrogen and oxygen atoms in total. The van der Waals surface area contributed by atoms with Gasteiger partial charge in [-0.15, -0.1) is 0 Å². The first kappa shape index (κ1) is 18.2. The molecule has 1 N–H and O–H groups in total. The standard InChI is InChI=1S/C21H20ClNO3/c22-18-8-6-15(7-9-18)19(14-20(24)25)16-10-12-23(13-11-16)21(26)17-4-2-1-3-5-17/h1-9,14,16H,10-13H2,(H,24,25). The number of carboxylic acids is 1. The highest BCUT2D eigenvalue weighted by molar-refractivity contribution is 6.30. The van der Waals surface area contributed by atoms with Crippen LogP contribution in [0.1, 0.15) is 28.8 Å². The van der Waals surface area contributed by atoms with Gasteiger partial charge in [-0.3, -0.25) is 4.79 Å². The number of likely N-dealkylation sites (tertiary alicyclic amines) is 1. The van der Waals surface area contributed by atoms with Crippen LogP contribution in [0.3, 0.4) is 0 Å². The molecular formula is C21H20ClNO3. The summed E-state index contributed by atoms with van der Waals surface area (Å²) in [6.45, 7) is 1.23. The Morgan fingerprint density at radius 3 is 2.15 bits per heavy atom. The molecule has 0 saturated carbocycles. The third-order valence-corrected chi connectivity index (χ3v) is 4.95. The summed E-state index contributed by atoms with van der Waals surface area (Å²) >= 11 is 5.94. The van der Waals surface area contributed by atoms with E-state index in [1.54, 1.807) is 12.1 Å². The molecule has 1 aliphatic rings. The minimum atomic E-state index is -0.960. The summed E-state index contributed by atoms with van der Waals surface area (Å²) in [4.78, 5) is 25.7. The molecule has 2 aromatic carbocycles. The van der Waals surface area contributed by atoms with Crippen LogP contribution in [0.15, 0.2) is 60.7 Å². The van der Waals surface area contributed by atoms with Crippen molar-refractivity contribution in [3.8, 4) is 0 Å². The predicted octanol–water partition coefficient (Wildman–Crippen LogP) is 4.36. The van der Waals surface area contributed by atoms with Crippen molar-refractivity contribution in [2.45, 2.75) is 12.8 Å². The first-order valence-corrected chi connectivity index (χ1v) is 8.97. The van der Waals surface area contributed by atoms with Gasteiger partial charge in [0.2, 0.25) is 0 Å². The number of carboxylic acid groups (broad SMARTS) is 1. The zero-order valence-corrected chi connectivity index (χ0v) is 15.0. The molecule has 2 aromatic rings. The van der Waals surface area contributed by atoms with E-state index in [2.05, 4.69) is 0 Å². The third-order valence-electron chi connectivity index (χ3n) is 4.70. The number of carbonyl (C=O) groups excluding carboxylic acids is 1. The summed E-state index contributed by atoms with van der Waals surface area (Å²) in [7, 11) is 0. The summed E-state index contributed by atoms with van der Waals surface area (Å²) in [6.07, 6.45) is 2.75. The highest BCUT2D eigenvalue weighted by Gasteiger charge is 2.26. The lowest BCUT2D eigenvalue weighted by atomic mass is 9.84. The molecule has 0 spiro atoms. The average Bonchev–Trinajstić information content (AvgIpc) is 2.67. The Balaban J connectivity index is 1.73. The fraction of sp³-hybridized carbons (Fsp3) is 0.238. The van der Waals surface area contributed by atoms with E-state index in [9.17, 15) is 14.7 Å². The van der Waals surface area contributed by atoms with Crippen LogP contribution < -0.4 is 0 Å². The lowest BCUT2D eigenvalue weighted by Gasteiger charge is -2.33. The van der Waals surface area contributed by atoms with Gasteiger partial charge in [-0.25, -0.2) is 4.79 Å². The number of hydrogen-bond acceptors (Lipinski definition) is 2. The van der Waals surface area contributed by atoms with Gasteiger partial charge in [0.05, 0.1) is 0 Å². The number of aliphatic carboxylic acids is 1. The van der Waals surface area contributed by atoms with Crippen molar-refractivity contribution in [3.05, 3.63) is 76.8 Å². The Morgan fingerprint density at radius 1 is 0.962 bits per heavy atom. The highest BCUT2D eigenvalue weighted by Crippen LogP contribution is 2.33. The topological polar surface area (TPSA) is 57.6 Å². The molecule has 3 rings (SSSR count). The zero-order chi connectivity index (χ0) is 18.5. The van der Waals surface area contributed by atoms with E-state index in [1.807, 2.05) is 47.4 Å². The molecule has 1 fully saturated rings. The summed E-state index contributed by atoms with van der Waals surface area (Å²) < 4.78 is 0. The number of halogens is 1. The van der Waals surface area contributed by atoms with Crippen molar-refractivity contribution in [2.24, 2.45) is 5.92 Å². The second-order valence-corrected chi connectivity index (χ2v) is 6.81. The lowest BCUT2D eigenvalue weighted by molar-refractivity contribution is -0.131. The van der Waals surface area contributed by atoms with Gasteiger partial charge in [-0.1, -0.05) is 41.9 Å². The monoisotopic (exact) mass is 369 g/mol. The van der Waals surface area contributed by atoms with Crippen LogP contribution in [0, 0.1) is 5.92 Å². The van der Waals surface area contributed by atoms with Gasteiger partial charge in [-0.05, 0) is 54.2 Å². The van der Waals surface area contributed by atoms with Crippen molar-refractivity contribution in [2.75, 3.05) is 13.1 Å². The zero-order valence-electron chi connectivity index (χ0n) is 14.3. The van der Waals surface area contributed by atoms with Crippen LogP contribution in [0.25, 0.3) is 5.57 Å². The predicted molar refractivity (Wildman–Crippen MR) is 102 cm³/mol. The normalized spacial score (nSPS) is 15.7. The van der Waals surface area contributed by atoms with Gasteiger partial charge in [0.25, 0.3) is 5.91 Å². The van der Waals surface area contributed by atoms with E-state index in [4.69, 9.17) is 11.6 Å². The van der Waals surface area contributed by atoms with Gasteiger partial charge in [0.15, 0.2) is 0 Å². The van der Waals surface area contributed by atoms with Gasteiger partial charge in [-0.2, -0.15) is 0 Å².